The number of hydrogen-bond acceptors (Lipinski definition) is 2. The predicted octanol–water partition coefficient (Wildman–Crippen LogP) is 2.60. The van der Waals surface area contributed by atoms with Crippen LogP contribution in [-0.4, -0.2) is 5.66 Å². The van der Waals surface area contributed by atoms with Gasteiger partial charge < -0.3 is 0 Å². The van der Waals surface area contributed by atoms with Gasteiger partial charge in [0, 0.05) is 0 Å². The summed E-state index contributed by atoms with van der Waals surface area (Å²) in [5.41, 5.74) is 0.0320. The SMILES string of the molecule is CC(C)CCC1(C)N=N1. The highest BCUT2D eigenvalue weighted by Crippen LogP contribution is 2.33. The largest absolute Gasteiger partial charge is 0.188 e. The van der Waals surface area contributed by atoms with Crippen molar-refractivity contribution < 1.29 is 0 Å². The Balaban J connectivity index is 2.06. The summed E-state index contributed by atoms with van der Waals surface area (Å²) in [5, 5.41) is 7.86. The number of rotatable bonds is 3. The van der Waals surface area contributed by atoms with Crippen LogP contribution in [0, 0.1) is 5.92 Å². The maximum absolute atomic E-state index is 3.93. The lowest BCUT2D eigenvalue weighted by atomic mass is 10.0. The Morgan fingerprint density at radius 1 is 1.33 bits per heavy atom. The van der Waals surface area contributed by atoms with E-state index in [1.165, 1.54) is 6.42 Å². The molecule has 0 aromatic rings. The fourth-order valence-electron chi connectivity index (χ4n) is 0.747. The summed E-state index contributed by atoms with van der Waals surface area (Å²) in [5.74, 6) is 0.785. The van der Waals surface area contributed by atoms with Gasteiger partial charge in [0.15, 0.2) is 5.66 Å². The number of hydrogen-bond donors (Lipinski definition) is 0. The van der Waals surface area contributed by atoms with Gasteiger partial charge in [-0.05, 0) is 25.7 Å². The summed E-state index contributed by atoms with van der Waals surface area (Å²) >= 11 is 0. The average Bonchev–Trinajstić information content (AvgIpc) is 2.45. The average molecular weight is 126 g/mol. The summed E-state index contributed by atoms with van der Waals surface area (Å²) < 4.78 is 0. The summed E-state index contributed by atoms with van der Waals surface area (Å²) in [6, 6.07) is 0. The molecular weight excluding hydrogens is 112 g/mol. The monoisotopic (exact) mass is 126 g/mol. The lowest BCUT2D eigenvalue weighted by Gasteiger charge is -2.04. The topological polar surface area (TPSA) is 24.7 Å². The molecule has 0 atom stereocenters. The van der Waals surface area contributed by atoms with E-state index in [2.05, 4.69) is 31.0 Å². The van der Waals surface area contributed by atoms with Crippen LogP contribution < -0.4 is 0 Å². The molecule has 0 fully saturated rings. The minimum Gasteiger partial charge on any atom is -0.159 e. The smallest absolute Gasteiger partial charge is 0.159 e. The van der Waals surface area contributed by atoms with Gasteiger partial charge in [0.2, 0.25) is 0 Å². The van der Waals surface area contributed by atoms with E-state index >= 15 is 0 Å². The van der Waals surface area contributed by atoms with Crippen LogP contribution in [0.2, 0.25) is 0 Å². The maximum atomic E-state index is 3.93. The van der Waals surface area contributed by atoms with Crippen LogP contribution in [0.25, 0.3) is 0 Å². The van der Waals surface area contributed by atoms with Crippen LogP contribution in [0.1, 0.15) is 33.6 Å². The molecule has 0 N–H and O–H groups in total. The van der Waals surface area contributed by atoms with Gasteiger partial charge in [0.1, 0.15) is 0 Å². The Hall–Kier alpha value is -0.400. The zero-order chi connectivity index (χ0) is 6.91. The minimum atomic E-state index is 0.0320. The van der Waals surface area contributed by atoms with E-state index in [1.54, 1.807) is 0 Å². The third-order valence-corrected chi connectivity index (χ3v) is 1.64. The molecule has 1 heterocycles. The minimum absolute atomic E-state index is 0.0320. The van der Waals surface area contributed by atoms with E-state index in [9.17, 15) is 0 Å². The standard InChI is InChI=1S/C7H14N2/c1-6(2)4-5-7(3)8-9-7/h6H,4-5H2,1-3H3. The molecule has 0 amide bonds. The molecule has 1 aliphatic rings. The second-order valence-corrected chi connectivity index (χ2v) is 3.35. The molecule has 0 aromatic carbocycles. The molecule has 0 aromatic heterocycles. The highest BCUT2D eigenvalue weighted by atomic mass is 15.4. The molecule has 0 saturated heterocycles. The van der Waals surface area contributed by atoms with E-state index in [-0.39, 0.29) is 5.66 Å². The van der Waals surface area contributed by atoms with E-state index in [0.29, 0.717) is 0 Å². The van der Waals surface area contributed by atoms with Crippen molar-refractivity contribution in [3.05, 3.63) is 0 Å². The first-order chi connectivity index (χ1) is 4.12. The van der Waals surface area contributed by atoms with Crippen molar-refractivity contribution in [1.29, 1.82) is 0 Å². The van der Waals surface area contributed by atoms with Crippen LogP contribution in [-0.2, 0) is 0 Å². The lowest BCUT2D eigenvalue weighted by Crippen LogP contribution is -2.04. The van der Waals surface area contributed by atoms with Gasteiger partial charge >= 0.3 is 0 Å². The van der Waals surface area contributed by atoms with Gasteiger partial charge in [-0.15, -0.1) is 0 Å². The van der Waals surface area contributed by atoms with E-state index < -0.39 is 0 Å². The number of nitrogens with zero attached hydrogens (tertiary/aromatic N) is 2. The molecule has 2 heteroatoms. The highest BCUT2D eigenvalue weighted by Gasteiger charge is 2.32. The molecule has 0 saturated carbocycles. The van der Waals surface area contributed by atoms with Gasteiger partial charge in [-0.25, -0.2) is 0 Å². The molecule has 1 rings (SSSR count). The van der Waals surface area contributed by atoms with Gasteiger partial charge in [-0.2, -0.15) is 10.2 Å². The van der Waals surface area contributed by atoms with Crippen molar-refractivity contribution in [1.82, 2.24) is 0 Å². The molecule has 1 aliphatic heterocycles. The molecule has 0 aliphatic carbocycles. The Bertz CT molecular complexity index is 121. The van der Waals surface area contributed by atoms with Gasteiger partial charge in [0.05, 0.1) is 0 Å². The van der Waals surface area contributed by atoms with Gasteiger partial charge in [-0.1, -0.05) is 13.8 Å². The lowest BCUT2D eigenvalue weighted by molar-refractivity contribution is 0.483. The first-order valence-corrected chi connectivity index (χ1v) is 3.56. The van der Waals surface area contributed by atoms with E-state index in [4.69, 9.17) is 0 Å². The maximum Gasteiger partial charge on any atom is 0.188 e. The van der Waals surface area contributed by atoms with E-state index in [0.717, 1.165) is 12.3 Å². The van der Waals surface area contributed by atoms with Crippen molar-refractivity contribution in [2.24, 2.45) is 16.1 Å². The van der Waals surface area contributed by atoms with Crippen LogP contribution >= 0.6 is 0 Å². The fraction of sp³-hybridized carbons (Fsp3) is 1.00. The Kier molecular flexibility index (Phi) is 1.56. The van der Waals surface area contributed by atoms with Crippen LogP contribution in [0.15, 0.2) is 10.2 Å². The second kappa shape index (κ2) is 2.09. The Morgan fingerprint density at radius 2 is 1.89 bits per heavy atom. The molecule has 0 bridgehead atoms. The zero-order valence-electron chi connectivity index (χ0n) is 6.39. The normalized spacial score (nSPS) is 20.9. The summed E-state index contributed by atoms with van der Waals surface area (Å²) in [4.78, 5) is 0. The molecule has 0 radical (unpaired) electrons. The molecule has 9 heavy (non-hydrogen) atoms. The Morgan fingerprint density at radius 3 is 2.22 bits per heavy atom. The van der Waals surface area contributed by atoms with Crippen molar-refractivity contribution in [3.8, 4) is 0 Å². The fourth-order valence-corrected chi connectivity index (χ4v) is 0.747. The van der Waals surface area contributed by atoms with E-state index in [1.807, 2.05) is 0 Å². The summed E-state index contributed by atoms with van der Waals surface area (Å²) in [6.07, 6.45) is 2.37. The van der Waals surface area contributed by atoms with Gasteiger partial charge in [-0.3, -0.25) is 0 Å². The zero-order valence-corrected chi connectivity index (χ0v) is 6.39. The van der Waals surface area contributed by atoms with Crippen molar-refractivity contribution in [2.45, 2.75) is 39.3 Å². The second-order valence-electron chi connectivity index (χ2n) is 3.35. The van der Waals surface area contributed by atoms with Crippen LogP contribution in [0.5, 0.6) is 0 Å². The molecular formula is C7H14N2. The van der Waals surface area contributed by atoms with Crippen molar-refractivity contribution in [3.63, 3.8) is 0 Å². The first kappa shape index (κ1) is 6.72. The highest BCUT2D eigenvalue weighted by molar-refractivity contribution is 4.87. The predicted molar refractivity (Wildman–Crippen MR) is 37.3 cm³/mol. The van der Waals surface area contributed by atoms with Crippen LogP contribution in [0.3, 0.4) is 0 Å². The first-order valence-electron chi connectivity index (χ1n) is 3.56. The molecule has 0 spiro atoms. The molecule has 0 unspecified atom stereocenters. The van der Waals surface area contributed by atoms with Crippen molar-refractivity contribution in [2.75, 3.05) is 0 Å². The quantitative estimate of drug-likeness (QED) is 0.555. The third-order valence-electron chi connectivity index (χ3n) is 1.64. The van der Waals surface area contributed by atoms with Gasteiger partial charge in [0.25, 0.3) is 0 Å². The molecule has 52 valence electrons. The van der Waals surface area contributed by atoms with Crippen molar-refractivity contribution >= 4 is 0 Å². The Labute approximate surface area is 56.4 Å². The third kappa shape index (κ3) is 2.12. The summed E-state index contributed by atoms with van der Waals surface area (Å²) in [6.45, 7) is 6.53. The molecule has 2 nitrogen and oxygen atoms in total. The summed E-state index contributed by atoms with van der Waals surface area (Å²) in [7, 11) is 0. The van der Waals surface area contributed by atoms with Crippen LogP contribution in [0.4, 0.5) is 0 Å².